The number of ether oxygens (including phenoxy) is 2. The third kappa shape index (κ3) is 7.40. The Morgan fingerprint density at radius 3 is 2.28 bits per heavy atom. The van der Waals surface area contributed by atoms with Gasteiger partial charge in [0.1, 0.15) is 44.6 Å². The zero-order valence-electron chi connectivity index (χ0n) is 21.1. The molecule has 3 aromatic rings. The predicted molar refractivity (Wildman–Crippen MR) is 147 cm³/mol. The second kappa shape index (κ2) is 11.9. The van der Waals surface area contributed by atoms with Gasteiger partial charge >= 0.3 is 0 Å². The molecule has 1 aromatic heterocycles. The molecule has 2 aromatic carbocycles. The minimum absolute atomic E-state index is 0.248. The van der Waals surface area contributed by atoms with Crippen molar-refractivity contribution in [1.82, 2.24) is 9.97 Å². The summed E-state index contributed by atoms with van der Waals surface area (Å²) in [6, 6.07) is 12.2. The lowest BCUT2D eigenvalue weighted by Gasteiger charge is -2.28. The summed E-state index contributed by atoms with van der Waals surface area (Å²) in [6.07, 6.45) is 3.26. The van der Waals surface area contributed by atoms with Gasteiger partial charge in [-0.3, -0.25) is 0 Å². The van der Waals surface area contributed by atoms with E-state index in [4.69, 9.17) is 32.7 Å². The molecule has 0 spiro atoms. The van der Waals surface area contributed by atoms with Crippen molar-refractivity contribution in [2.24, 2.45) is 0 Å². The summed E-state index contributed by atoms with van der Waals surface area (Å²) in [5.74, 6) is 2.35. The van der Waals surface area contributed by atoms with Gasteiger partial charge in [0.25, 0.3) is 5.95 Å². The molecule has 0 bridgehead atoms. The highest BCUT2D eigenvalue weighted by molar-refractivity contribution is 7.74. The molecule has 0 fully saturated rings. The van der Waals surface area contributed by atoms with Crippen LogP contribution in [-0.4, -0.2) is 38.9 Å². The van der Waals surface area contributed by atoms with E-state index in [1.807, 2.05) is 18.2 Å². The van der Waals surface area contributed by atoms with Gasteiger partial charge in [-0.15, -0.1) is 11.6 Å². The molecule has 1 heterocycles. The van der Waals surface area contributed by atoms with Gasteiger partial charge in [0, 0.05) is 23.4 Å². The monoisotopic (exact) mass is 551 g/mol. The number of hydrogen-bond acceptors (Lipinski definition) is 7. The largest absolute Gasteiger partial charge is 0.490 e. The van der Waals surface area contributed by atoms with E-state index < -0.39 is 4.16 Å². The first-order valence-corrected chi connectivity index (χ1v) is 12.9. The summed E-state index contributed by atoms with van der Waals surface area (Å²) in [5.41, 5.74) is 6.42. The highest BCUT2D eigenvalue weighted by atomic mass is 35.5. The fraction of sp³-hybridized carbons (Fsp3) is 0.385. The summed E-state index contributed by atoms with van der Waals surface area (Å²) in [7, 11) is 1.43. The minimum atomic E-state index is -0.768. The number of rotatable bonds is 11. The molecule has 0 saturated carbocycles. The summed E-state index contributed by atoms with van der Waals surface area (Å²) in [4.78, 5) is 8.30. The van der Waals surface area contributed by atoms with Crippen LogP contribution in [0.25, 0.3) is 0 Å². The van der Waals surface area contributed by atoms with Crippen LogP contribution in [0.4, 0.5) is 5.95 Å². The first-order chi connectivity index (χ1) is 16.9. The molecule has 0 aliphatic rings. The fourth-order valence-corrected chi connectivity index (χ4v) is 4.12. The number of nitrogens with zero attached hydrogens (tertiary/aromatic N) is 3. The molecule has 0 amide bonds. The summed E-state index contributed by atoms with van der Waals surface area (Å²) < 4.78 is 11.0. The van der Waals surface area contributed by atoms with Crippen molar-refractivity contribution in [2.75, 3.05) is 25.0 Å². The molecule has 1 unspecified atom stereocenters. The lowest BCUT2D eigenvalue weighted by atomic mass is 9.77. The Balaban J connectivity index is 1.73. The van der Waals surface area contributed by atoms with Crippen LogP contribution < -0.4 is 14.9 Å². The van der Waals surface area contributed by atoms with Crippen molar-refractivity contribution in [3.63, 3.8) is 0 Å². The summed E-state index contributed by atoms with van der Waals surface area (Å²) >= 11 is 16.4. The number of hydrogen-bond donors (Lipinski definition) is 3. The van der Waals surface area contributed by atoms with Crippen molar-refractivity contribution in [3.05, 3.63) is 76.1 Å². The van der Waals surface area contributed by atoms with Crippen LogP contribution in [0.1, 0.15) is 55.9 Å². The van der Waals surface area contributed by atoms with Crippen LogP contribution in [0.15, 0.2) is 48.8 Å². The Morgan fingerprint density at radius 2 is 1.72 bits per heavy atom. The first-order valence-electron chi connectivity index (χ1n) is 11.6. The van der Waals surface area contributed by atoms with E-state index >= 15 is 0 Å². The van der Waals surface area contributed by atoms with E-state index in [2.05, 4.69) is 74.1 Å². The van der Waals surface area contributed by atoms with Crippen LogP contribution in [0.3, 0.4) is 0 Å². The van der Waals surface area contributed by atoms with E-state index in [1.165, 1.54) is 7.05 Å². The average Bonchev–Trinajstić information content (AvgIpc) is 2.81. The maximum absolute atomic E-state index is 9.61. The molecule has 3 rings (SSSR count). The van der Waals surface area contributed by atoms with Gasteiger partial charge in [0.2, 0.25) is 0 Å². The van der Waals surface area contributed by atoms with Crippen molar-refractivity contribution < 1.29 is 18.8 Å². The Kier molecular flexibility index (Phi) is 9.35. The molecule has 36 heavy (non-hydrogen) atoms. The number of thiol groups is 1. The number of quaternary nitrogens is 1. The molecule has 2 N–H and O–H groups in total. The van der Waals surface area contributed by atoms with Crippen LogP contribution in [-0.2, 0) is 12.0 Å². The van der Waals surface area contributed by atoms with E-state index in [1.54, 1.807) is 12.4 Å². The zero-order chi connectivity index (χ0) is 26.5. The van der Waals surface area contributed by atoms with Crippen molar-refractivity contribution in [2.45, 2.75) is 45.6 Å². The Bertz CT molecular complexity index is 1150. The van der Waals surface area contributed by atoms with Crippen molar-refractivity contribution in [1.29, 1.82) is 0 Å². The van der Waals surface area contributed by atoms with Gasteiger partial charge in [-0.05, 0) is 45.0 Å². The van der Waals surface area contributed by atoms with Crippen LogP contribution in [0, 0.1) is 0 Å². The van der Waals surface area contributed by atoms with E-state index in [0.29, 0.717) is 29.9 Å². The third-order valence-corrected chi connectivity index (χ3v) is 6.27. The molecular formula is C26H33Cl2N4O3S+. The average molecular weight is 553 g/mol. The number of alkyl halides is 1. The number of halogens is 2. The number of anilines is 1. The van der Waals surface area contributed by atoms with E-state index in [-0.39, 0.29) is 17.3 Å². The number of aromatic nitrogens is 2. The number of nitrogens with one attached hydrogen (secondary N) is 1. The smallest absolute Gasteiger partial charge is 0.273 e. The van der Waals surface area contributed by atoms with Gasteiger partial charge in [0.05, 0.1) is 10.9 Å². The molecular weight excluding hydrogens is 519 g/mol. The highest BCUT2D eigenvalue weighted by Crippen LogP contribution is 2.41. The maximum atomic E-state index is 9.61. The SMILES string of the molecule is CC(C)c1cc(C(C)(C)c2ccc(OCc3cnc(N[N+](C)(O)S)nc3)cc2)cc(Cl)c1OCCCl. The second-order valence-electron chi connectivity index (χ2n) is 9.45. The molecule has 0 radical (unpaired) electrons. The molecule has 194 valence electrons. The van der Waals surface area contributed by atoms with Gasteiger partial charge in [-0.25, -0.2) is 9.97 Å². The van der Waals surface area contributed by atoms with Crippen molar-refractivity contribution >= 4 is 42.0 Å². The highest BCUT2D eigenvalue weighted by Gasteiger charge is 2.26. The second-order valence-corrected chi connectivity index (χ2v) is 11.0. The van der Waals surface area contributed by atoms with Crippen LogP contribution >= 0.6 is 36.0 Å². The van der Waals surface area contributed by atoms with Gasteiger partial charge in [0.15, 0.2) is 0 Å². The lowest BCUT2D eigenvalue weighted by molar-refractivity contribution is -0.955. The quantitative estimate of drug-likeness (QED) is 0.105. The maximum Gasteiger partial charge on any atom is 0.273 e. The van der Waals surface area contributed by atoms with Gasteiger partial charge < -0.3 is 9.47 Å². The zero-order valence-corrected chi connectivity index (χ0v) is 23.5. The standard InChI is InChI=1S/C26H33Cl2N4O3S/c1-17(2)22-12-20(13-23(28)24(22)34-11-10-27)26(3,4)19-6-8-21(9-7-19)35-16-18-14-29-25(30-15-18)31-32(5,33)36/h6-9,12-15,17,33,36H,10-11,16H2,1-5H3,(H,29,30,31)/q+1. The number of hydroxylamine groups is 1. The lowest BCUT2D eigenvalue weighted by Crippen LogP contribution is -2.36. The van der Waals surface area contributed by atoms with Gasteiger partial charge in [-0.1, -0.05) is 57.5 Å². The molecule has 0 saturated heterocycles. The van der Waals surface area contributed by atoms with E-state index in [9.17, 15) is 5.21 Å². The third-order valence-electron chi connectivity index (χ3n) is 5.74. The predicted octanol–water partition coefficient (Wildman–Crippen LogP) is 6.78. The molecule has 0 aliphatic carbocycles. The van der Waals surface area contributed by atoms with Crippen molar-refractivity contribution in [3.8, 4) is 11.5 Å². The molecule has 10 heteroatoms. The summed E-state index contributed by atoms with van der Waals surface area (Å²) in [5, 5.41) is 10.2. The molecule has 0 aliphatic heterocycles. The summed E-state index contributed by atoms with van der Waals surface area (Å²) in [6.45, 7) is 9.32. The van der Waals surface area contributed by atoms with Crippen LogP contribution in [0.5, 0.6) is 11.5 Å². The fourth-order valence-electron chi connectivity index (χ4n) is 3.67. The minimum Gasteiger partial charge on any atom is -0.490 e. The van der Waals surface area contributed by atoms with Crippen LogP contribution in [0.2, 0.25) is 5.02 Å². The number of benzene rings is 2. The van der Waals surface area contributed by atoms with E-state index in [0.717, 1.165) is 28.0 Å². The first kappa shape index (κ1) is 28.3. The Morgan fingerprint density at radius 1 is 1.08 bits per heavy atom. The topological polar surface area (TPSA) is 76.5 Å². The van der Waals surface area contributed by atoms with Gasteiger partial charge in [-0.2, -0.15) is 10.6 Å². The normalized spacial score (nSPS) is 13.4. The molecule has 1 atom stereocenters. The molecule has 7 nitrogen and oxygen atoms in total. The Hall–Kier alpha value is -2.23. The Labute approximate surface area is 228 Å².